The number of rotatable bonds is 3. The summed E-state index contributed by atoms with van der Waals surface area (Å²) in [6.07, 6.45) is 5.46. The van der Waals surface area contributed by atoms with Gasteiger partial charge < -0.3 is 5.73 Å². The van der Waals surface area contributed by atoms with Crippen LogP contribution >= 0.6 is 11.6 Å². The van der Waals surface area contributed by atoms with Gasteiger partial charge in [0.1, 0.15) is 0 Å². The van der Waals surface area contributed by atoms with Crippen molar-refractivity contribution in [3.05, 3.63) is 16.4 Å². The third kappa shape index (κ3) is 3.14. The topological polar surface area (TPSA) is 43.8 Å². The van der Waals surface area contributed by atoms with Crippen LogP contribution in [0.25, 0.3) is 0 Å². The number of hydrogen-bond donors (Lipinski definition) is 1. The molecule has 0 radical (unpaired) electrons. The Bertz CT molecular complexity index is 464. The van der Waals surface area contributed by atoms with Crippen molar-refractivity contribution in [1.82, 2.24) is 9.78 Å². The van der Waals surface area contributed by atoms with Gasteiger partial charge in [-0.25, -0.2) is 0 Å². The molecule has 1 aliphatic rings. The average molecular weight is 284 g/mol. The van der Waals surface area contributed by atoms with E-state index in [4.69, 9.17) is 17.3 Å². The lowest BCUT2D eigenvalue weighted by Gasteiger charge is -2.42. The van der Waals surface area contributed by atoms with Crippen LogP contribution in [0, 0.1) is 12.3 Å². The highest BCUT2D eigenvalue weighted by Gasteiger charge is 2.38. The molecule has 4 heteroatoms. The standard InChI is InChI=1S/C15H26ClN3/c1-5-19-12(13(16)11(2)18-19)9-15(17)8-6-7-14(3,4)10-15/h5-10,17H2,1-4H3. The molecule has 1 saturated carbocycles. The lowest BCUT2D eigenvalue weighted by molar-refractivity contribution is 0.149. The number of nitrogens with zero attached hydrogens (tertiary/aromatic N) is 2. The summed E-state index contributed by atoms with van der Waals surface area (Å²) in [5.41, 5.74) is 8.90. The van der Waals surface area contributed by atoms with E-state index in [0.29, 0.717) is 5.41 Å². The van der Waals surface area contributed by atoms with E-state index in [1.807, 2.05) is 11.6 Å². The molecule has 1 unspecified atom stereocenters. The van der Waals surface area contributed by atoms with Crippen molar-refractivity contribution in [1.29, 1.82) is 0 Å². The third-order valence-electron chi connectivity index (χ3n) is 4.33. The molecule has 0 aromatic carbocycles. The SMILES string of the molecule is CCn1nc(C)c(Cl)c1CC1(N)CCCC(C)(C)C1. The van der Waals surface area contributed by atoms with Gasteiger partial charge in [0, 0.05) is 18.5 Å². The van der Waals surface area contributed by atoms with Crippen molar-refractivity contribution in [2.75, 3.05) is 0 Å². The fourth-order valence-corrected chi connectivity index (χ4v) is 3.77. The van der Waals surface area contributed by atoms with Crippen LogP contribution in [0.15, 0.2) is 0 Å². The smallest absolute Gasteiger partial charge is 0.0847 e. The monoisotopic (exact) mass is 283 g/mol. The minimum Gasteiger partial charge on any atom is -0.325 e. The van der Waals surface area contributed by atoms with Crippen molar-refractivity contribution < 1.29 is 0 Å². The third-order valence-corrected chi connectivity index (χ3v) is 4.82. The summed E-state index contributed by atoms with van der Waals surface area (Å²) in [6, 6.07) is 0. The van der Waals surface area contributed by atoms with Gasteiger partial charge in [0.2, 0.25) is 0 Å². The van der Waals surface area contributed by atoms with E-state index in [1.165, 1.54) is 12.8 Å². The van der Waals surface area contributed by atoms with E-state index in [1.54, 1.807) is 0 Å². The molecule has 0 spiro atoms. The van der Waals surface area contributed by atoms with Crippen LogP contribution in [-0.2, 0) is 13.0 Å². The number of aryl methyl sites for hydroxylation is 2. The van der Waals surface area contributed by atoms with Gasteiger partial charge in [-0.1, -0.05) is 31.9 Å². The van der Waals surface area contributed by atoms with E-state index in [9.17, 15) is 0 Å². The molecular formula is C15H26ClN3. The Morgan fingerprint density at radius 2 is 2.05 bits per heavy atom. The van der Waals surface area contributed by atoms with Gasteiger partial charge >= 0.3 is 0 Å². The van der Waals surface area contributed by atoms with Gasteiger partial charge in [-0.05, 0) is 38.5 Å². The Balaban J connectivity index is 2.25. The van der Waals surface area contributed by atoms with Crippen molar-refractivity contribution >= 4 is 11.6 Å². The fraction of sp³-hybridized carbons (Fsp3) is 0.800. The first kappa shape index (κ1) is 14.9. The Kier molecular flexibility index (Phi) is 3.99. The summed E-state index contributed by atoms with van der Waals surface area (Å²) >= 11 is 6.41. The molecule has 2 rings (SSSR count). The number of nitrogens with two attached hydrogens (primary N) is 1. The molecule has 3 nitrogen and oxygen atoms in total. The first-order valence-electron chi connectivity index (χ1n) is 7.27. The molecule has 1 aliphatic carbocycles. The lowest BCUT2D eigenvalue weighted by atomic mass is 9.67. The van der Waals surface area contributed by atoms with Crippen LogP contribution in [0.5, 0.6) is 0 Å². The molecule has 1 fully saturated rings. The molecule has 0 bridgehead atoms. The van der Waals surface area contributed by atoms with Crippen LogP contribution in [0.1, 0.15) is 57.8 Å². The van der Waals surface area contributed by atoms with Gasteiger partial charge in [0.15, 0.2) is 0 Å². The molecule has 0 aliphatic heterocycles. The summed E-state index contributed by atoms with van der Waals surface area (Å²) in [5.74, 6) is 0. The lowest BCUT2D eigenvalue weighted by Crippen LogP contribution is -2.49. The molecule has 1 atom stereocenters. The van der Waals surface area contributed by atoms with E-state index in [-0.39, 0.29) is 5.54 Å². The number of aromatic nitrogens is 2. The summed E-state index contributed by atoms with van der Waals surface area (Å²) in [6.45, 7) is 9.55. The highest BCUT2D eigenvalue weighted by atomic mass is 35.5. The predicted molar refractivity (Wildman–Crippen MR) is 80.5 cm³/mol. The normalized spacial score (nSPS) is 26.6. The van der Waals surface area contributed by atoms with Crippen LogP contribution < -0.4 is 5.73 Å². The number of halogens is 1. The van der Waals surface area contributed by atoms with Crippen LogP contribution in [0.2, 0.25) is 5.02 Å². The summed E-state index contributed by atoms with van der Waals surface area (Å²) in [7, 11) is 0. The second kappa shape index (κ2) is 5.10. The van der Waals surface area contributed by atoms with Gasteiger partial charge in [-0.2, -0.15) is 5.10 Å². The molecule has 1 heterocycles. The summed E-state index contributed by atoms with van der Waals surface area (Å²) in [5, 5.41) is 5.29. The average Bonchev–Trinajstić information content (AvgIpc) is 2.54. The molecule has 19 heavy (non-hydrogen) atoms. The van der Waals surface area contributed by atoms with Crippen LogP contribution in [-0.4, -0.2) is 15.3 Å². The maximum atomic E-state index is 6.67. The number of hydrogen-bond acceptors (Lipinski definition) is 2. The highest BCUT2D eigenvalue weighted by molar-refractivity contribution is 6.31. The van der Waals surface area contributed by atoms with Gasteiger partial charge in [0.25, 0.3) is 0 Å². The Morgan fingerprint density at radius 3 is 2.63 bits per heavy atom. The summed E-state index contributed by atoms with van der Waals surface area (Å²) in [4.78, 5) is 0. The van der Waals surface area contributed by atoms with Crippen molar-refractivity contribution in [3.8, 4) is 0 Å². The van der Waals surface area contributed by atoms with E-state index < -0.39 is 0 Å². The van der Waals surface area contributed by atoms with E-state index in [0.717, 1.165) is 42.2 Å². The maximum Gasteiger partial charge on any atom is 0.0847 e. The second-order valence-corrected chi connectivity index (χ2v) is 7.27. The molecule has 0 saturated heterocycles. The Hall–Kier alpha value is -0.540. The molecular weight excluding hydrogens is 258 g/mol. The minimum atomic E-state index is -0.134. The highest BCUT2D eigenvalue weighted by Crippen LogP contribution is 2.41. The maximum absolute atomic E-state index is 6.67. The van der Waals surface area contributed by atoms with Crippen LogP contribution in [0.3, 0.4) is 0 Å². The van der Waals surface area contributed by atoms with Crippen molar-refractivity contribution in [2.24, 2.45) is 11.1 Å². The zero-order valence-electron chi connectivity index (χ0n) is 12.6. The minimum absolute atomic E-state index is 0.134. The van der Waals surface area contributed by atoms with Gasteiger partial charge in [-0.15, -0.1) is 0 Å². The second-order valence-electron chi connectivity index (χ2n) is 6.90. The fourth-order valence-electron chi connectivity index (χ4n) is 3.57. The Morgan fingerprint density at radius 1 is 1.37 bits per heavy atom. The zero-order chi connectivity index (χ0) is 14.3. The molecule has 1 aromatic heterocycles. The zero-order valence-corrected chi connectivity index (χ0v) is 13.3. The van der Waals surface area contributed by atoms with Gasteiger partial charge in [-0.3, -0.25) is 4.68 Å². The van der Waals surface area contributed by atoms with Crippen molar-refractivity contribution in [3.63, 3.8) is 0 Å². The first-order chi connectivity index (χ1) is 8.76. The largest absolute Gasteiger partial charge is 0.325 e. The predicted octanol–water partition coefficient (Wildman–Crippen LogP) is 3.71. The molecule has 108 valence electrons. The molecule has 0 amide bonds. The first-order valence-corrected chi connectivity index (χ1v) is 7.65. The van der Waals surface area contributed by atoms with E-state index in [2.05, 4.69) is 25.9 Å². The molecule has 2 N–H and O–H groups in total. The van der Waals surface area contributed by atoms with Gasteiger partial charge in [0.05, 0.1) is 16.4 Å². The van der Waals surface area contributed by atoms with E-state index >= 15 is 0 Å². The van der Waals surface area contributed by atoms with Crippen molar-refractivity contribution in [2.45, 2.75) is 71.9 Å². The molecule has 1 aromatic rings. The van der Waals surface area contributed by atoms with Crippen LogP contribution in [0.4, 0.5) is 0 Å². The summed E-state index contributed by atoms with van der Waals surface area (Å²) < 4.78 is 2.01. The quantitative estimate of drug-likeness (QED) is 0.919. The Labute approximate surface area is 121 Å².